The van der Waals surface area contributed by atoms with Crippen LogP contribution in [0, 0.1) is 17.6 Å². The monoisotopic (exact) mass is 384 g/mol. The van der Waals surface area contributed by atoms with Gasteiger partial charge in [0.2, 0.25) is 0 Å². The van der Waals surface area contributed by atoms with Gasteiger partial charge in [0.05, 0.1) is 26.4 Å². The maximum atomic E-state index is 13.5. The Balaban J connectivity index is 1.16. The average Bonchev–Trinajstić information content (AvgIpc) is 3.53. The van der Waals surface area contributed by atoms with Gasteiger partial charge in [-0.1, -0.05) is 6.07 Å². The molecule has 3 aliphatic rings. The summed E-state index contributed by atoms with van der Waals surface area (Å²) in [4.78, 5) is 0. The van der Waals surface area contributed by atoms with Crippen molar-refractivity contribution >= 4 is 0 Å². The van der Waals surface area contributed by atoms with Gasteiger partial charge < -0.3 is 23.7 Å². The quantitative estimate of drug-likeness (QED) is 0.410. The molecule has 1 atom stereocenters. The van der Waals surface area contributed by atoms with Gasteiger partial charge in [-0.2, -0.15) is 0 Å². The van der Waals surface area contributed by atoms with E-state index in [0.29, 0.717) is 25.7 Å². The molecule has 0 N–H and O–H groups in total. The van der Waals surface area contributed by atoms with E-state index in [9.17, 15) is 8.78 Å². The van der Waals surface area contributed by atoms with Gasteiger partial charge in [-0.05, 0) is 49.3 Å². The lowest BCUT2D eigenvalue weighted by molar-refractivity contribution is -0.260. The zero-order chi connectivity index (χ0) is 18.6. The van der Waals surface area contributed by atoms with E-state index in [-0.39, 0.29) is 31.2 Å². The number of halogens is 2. The molecule has 0 aromatic heterocycles. The van der Waals surface area contributed by atoms with Crippen LogP contribution >= 0.6 is 0 Å². The Labute approximate surface area is 157 Å². The van der Waals surface area contributed by atoms with Crippen molar-refractivity contribution in [3.63, 3.8) is 0 Å². The SMILES string of the molecule is Fc1ccc(C2CCC(C3OCC(OCOCC4CO4)CO3)CC2)cc1F. The summed E-state index contributed by atoms with van der Waals surface area (Å²) in [5.41, 5.74) is 0.878. The second-order valence-electron chi connectivity index (χ2n) is 7.55. The highest BCUT2D eigenvalue weighted by Gasteiger charge is 2.33. The molecule has 2 aliphatic heterocycles. The number of hydrogen-bond acceptors (Lipinski definition) is 5. The van der Waals surface area contributed by atoms with Gasteiger partial charge in [0.25, 0.3) is 0 Å². The summed E-state index contributed by atoms with van der Waals surface area (Å²) in [6, 6.07) is 4.23. The number of ether oxygens (including phenoxy) is 5. The van der Waals surface area contributed by atoms with Crippen molar-refractivity contribution in [1.29, 1.82) is 0 Å². The number of hydrogen-bond donors (Lipinski definition) is 0. The zero-order valence-electron chi connectivity index (χ0n) is 15.3. The van der Waals surface area contributed by atoms with Crippen LogP contribution in [-0.4, -0.2) is 51.7 Å². The molecule has 27 heavy (non-hydrogen) atoms. The smallest absolute Gasteiger partial charge is 0.160 e. The van der Waals surface area contributed by atoms with Crippen LogP contribution in [0.3, 0.4) is 0 Å². The minimum atomic E-state index is -0.792. The summed E-state index contributed by atoms with van der Waals surface area (Å²) >= 11 is 0. The second-order valence-corrected chi connectivity index (χ2v) is 7.55. The van der Waals surface area contributed by atoms with Crippen molar-refractivity contribution in [3.05, 3.63) is 35.4 Å². The first-order valence-corrected chi connectivity index (χ1v) is 9.68. The van der Waals surface area contributed by atoms with Crippen molar-refractivity contribution in [2.75, 3.05) is 33.2 Å². The lowest BCUT2D eigenvalue weighted by Gasteiger charge is -2.37. The van der Waals surface area contributed by atoms with E-state index in [1.54, 1.807) is 6.07 Å². The Kier molecular flexibility index (Phi) is 6.35. The fourth-order valence-electron chi connectivity index (χ4n) is 3.85. The van der Waals surface area contributed by atoms with Crippen LogP contribution in [-0.2, 0) is 23.7 Å². The molecule has 0 amide bonds. The molecule has 4 rings (SSSR count). The van der Waals surface area contributed by atoms with E-state index in [2.05, 4.69) is 0 Å². The lowest BCUT2D eigenvalue weighted by atomic mass is 9.78. The van der Waals surface area contributed by atoms with Gasteiger partial charge in [-0.25, -0.2) is 8.78 Å². The molecule has 7 heteroatoms. The molecular weight excluding hydrogens is 358 g/mol. The topological polar surface area (TPSA) is 49.5 Å². The Bertz CT molecular complexity index is 608. The summed E-state index contributed by atoms with van der Waals surface area (Å²) < 4.78 is 54.3. The van der Waals surface area contributed by atoms with E-state index < -0.39 is 11.6 Å². The van der Waals surface area contributed by atoms with E-state index >= 15 is 0 Å². The van der Waals surface area contributed by atoms with Gasteiger partial charge in [-0.15, -0.1) is 0 Å². The minimum absolute atomic E-state index is 0.111. The molecular formula is C20H26F2O5. The van der Waals surface area contributed by atoms with Gasteiger partial charge in [0.15, 0.2) is 17.9 Å². The third kappa shape index (κ3) is 5.23. The van der Waals surface area contributed by atoms with Gasteiger partial charge >= 0.3 is 0 Å². The summed E-state index contributed by atoms with van der Waals surface area (Å²) in [5, 5.41) is 0. The number of benzene rings is 1. The molecule has 1 aromatic carbocycles. The fourth-order valence-corrected chi connectivity index (χ4v) is 3.85. The van der Waals surface area contributed by atoms with E-state index in [1.807, 2.05) is 0 Å². The van der Waals surface area contributed by atoms with Crippen molar-refractivity contribution in [3.8, 4) is 0 Å². The highest BCUT2D eigenvalue weighted by atomic mass is 19.2. The summed E-state index contributed by atoms with van der Waals surface area (Å²) in [6.07, 6.45) is 3.66. The zero-order valence-corrected chi connectivity index (χ0v) is 15.3. The van der Waals surface area contributed by atoms with E-state index in [1.165, 1.54) is 12.1 Å². The third-order valence-electron chi connectivity index (χ3n) is 5.56. The standard InChI is InChI=1S/C20H26F2O5/c21-18-6-5-15(7-19(18)22)13-1-3-14(4-2-13)20-25-10-17(11-26-20)27-12-23-8-16-9-24-16/h5-7,13-14,16-17,20H,1-4,8-12H2. The van der Waals surface area contributed by atoms with Gasteiger partial charge in [-0.3, -0.25) is 0 Å². The first kappa shape index (κ1) is 19.2. The van der Waals surface area contributed by atoms with Crippen LogP contribution in [0.2, 0.25) is 0 Å². The highest BCUT2D eigenvalue weighted by Crippen LogP contribution is 2.39. The Morgan fingerprint density at radius 2 is 1.67 bits per heavy atom. The predicted octanol–water partition coefficient (Wildman–Crippen LogP) is 3.37. The highest BCUT2D eigenvalue weighted by molar-refractivity contribution is 5.22. The molecule has 1 saturated carbocycles. The third-order valence-corrected chi connectivity index (χ3v) is 5.56. The van der Waals surface area contributed by atoms with Crippen molar-refractivity contribution in [2.24, 2.45) is 5.92 Å². The van der Waals surface area contributed by atoms with Crippen molar-refractivity contribution in [2.45, 2.75) is 50.1 Å². The Morgan fingerprint density at radius 3 is 2.33 bits per heavy atom. The summed E-state index contributed by atoms with van der Waals surface area (Å²) in [5.74, 6) is -0.966. The minimum Gasteiger partial charge on any atom is -0.371 e. The maximum absolute atomic E-state index is 13.5. The number of rotatable bonds is 7. The normalized spacial score (nSPS) is 33.8. The second kappa shape index (κ2) is 8.92. The summed E-state index contributed by atoms with van der Waals surface area (Å²) in [6.45, 7) is 2.56. The molecule has 2 heterocycles. The molecule has 0 bridgehead atoms. The van der Waals surface area contributed by atoms with Crippen LogP contribution in [0.4, 0.5) is 8.78 Å². The summed E-state index contributed by atoms with van der Waals surface area (Å²) in [7, 11) is 0. The van der Waals surface area contributed by atoms with Crippen LogP contribution in [0.1, 0.15) is 37.2 Å². The number of epoxide rings is 1. The van der Waals surface area contributed by atoms with Gasteiger partial charge in [0.1, 0.15) is 19.0 Å². The molecule has 1 aromatic rings. The molecule has 1 unspecified atom stereocenters. The molecule has 1 aliphatic carbocycles. The lowest BCUT2D eigenvalue weighted by Crippen LogP contribution is -2.42. The van der Waals surface area contributed by atoms with Crippen LogP contribution in [0.25, 0.3) is 0 Å². The molecule has 0 radical (unpaired) electrons. The Morgan fingerprint density at radius 1 is 0.926 bits per heavy atom. The molecule has 0 spiro atoms. The van der Waals surface area contributed by atoms with E-state index in [0.717, 1.165) is 37.9 Å². The largest absolute Gasteiger partial charge is 0.371 e. The molecule has 5 nitrogen and oxygen atoms in total. The maximum Gasteiger partial charge on any atom is 0.160 e. The Hall–Kier alpha value is -1.12. The van der Waals surface area contributed by atoms with Gasteiger partial charge in [0, 0.05) is 5.92 Å². The molecule has 3 fully saturated rings. The fraction of sp³-hybridized carbons (Fsp3) is 0.700. The van der Waals surface area contributed by atoms with Crippen LogP contribution < -0.4 is 0 Å². The molecule has 2 saturated heterocycles. The first-order valence-electron chi connectivity index (χ1n) is 9.68. The van der Waals surface area contributed by atoms with Crippen LogP contribution in [0.5, 0.6) is 0 Å². The van der Waals surface area contributed by atoms with Crippen LogP contribution in [0.15, 0.2) is 18.2 Å². The first-order chi connectivity index (χ1) is 13.2. The predicted molar refractivity (Wildman–Crippen MR) is 92.2 cm³/mol. The van der Waals surface area contributed by atoms with E-state index in [4.69, 9.17) is 23.7 Å². The van der Waals surface area contributed by atoms with Crippen molar-refractivity contribution < 1.29 is 32.5 Å². The average molecular weight is 384 g/mol. The molecule has 150 valence electrons. The van der Waals surface area contributed by atoms with Crippen molar-refractivity contribution in [1.82, 2.24) is 0 Å².